The van der Waals surface area contributed by atoms with Gasteiger partial charge in [-0.1, -0.05) is 0 Å². The highest BCUT2D eigenvalue weighted by Gasteiger charge is 2.14. The second-order valence-electron chi connectivity index (χ2n) is 2.54. The lowest BCUT2D eigenvalue weighted by molar-refractivity contribution is 0.151. The van der Waals surface area contributed by atoms with E-state index in [9.17, 15) is 4.79 Å². The van der Waals surface area contributed by atoms with Gasteiger partial charge in [0.15, 0.2) is 0 Å². The van der Waals surface area contributed by atoms with E-state index in [1.54, 1.807) is 12.1 Å². The number of nitrogens with one attached hydrogen (secondary N) is 1. The highest BCUT2D eigenvalue weighted by atomic mass is 16.5. The minimum Gasteiger partial charge on any atom is -0.508 e. The van der Waals surface area contributed by atoms with E-state index < -0.39 is 6.09 Å². The van der Waals surface area contributed by atoms with Crippen molar-refractivity contribution in [2.24, 2.45) is 0 Å². The molecule has 0 bridgehead atoms. The molecule has 4 heteroatoms. The number of hydrogen-bond acceptors (Lipinski definition) is 3. The highest BCUT2D eigenvalue weighted by Crippen LogP contribution is 2.24. The Balaban J connectivity index is 2.43. The van der Waals surface area contributed by atoms with Gasteiger partial charge in [-0.3, -0.25) is 5.32 Å². The molecule has 1 amide bonds. The van der Waals surface area contributed by atoms with Crippen LogP contribution in [0.2, 0.25) is 0 Å². The number of phenols is 1. The first-order chi connectivity index (χ1) is 5.75. The van der Waals surface area contributed by atoms with E-state index in [4.69, 9.17) is 9.84 Å². The topological polar surface area (TPSA) is 58.6 Å². The van der Waals surface area contributed by atoms with E-state index >= 15 is 0 Å². The number of cyclic esters (lactones) is 1. The van der Waals surface area contributed by atoms with Crippen molar-refractivity contribution < 1.29 is 14.6 Å². The first-order valence-corrected chi connectivity index (χ1v) is 3.51. The number of phenolic OH excluding ortho intramolecular Hbond substituents is 1. The highest BCUT2D eigenvalue weighted by molar-refractivity contribution is 5.87. The number of ether oxygens (including phenoxy) is 1. The summed E-state index contributed by atoms with van der Waals surface area (Å²) in [6, 6.07) is 4.73. The van der Waals surface area contributed by atoms with Crippen LogP contribution in [0, 0.1) is 0 Å². The Morgan fingerprint density at radius 1 is 1.50 bits per heavy atom. The standard InChI is InChI=1S/C8H7NO3/c10-6-1-2-7-5(3-6)4-12-8(11)9-7/h1-3,10H,4H2,(H,9,11). The molecule has 12 heavy (non-hydrogen) atoms. The summed E-state index contributed by atoms with van der Waals surface area (Å²) < 4.78 is 4.70. The molecule has 0 atom stereocenters. The molecule has 0 saturated carbocycles. The van der Waals surface area contributed by atoms with Gasteiger partial charge in [0.2, 0.25) is 0 Å². The Hall–Kier alpha value is -1.71. The van der Waals surface area contributed by atoms with Crippen molar-refractivity contribution in [3.8, 4) is 5.75 Å². The lowest BCUT2D eigenvalue weighted by Gasteiger charge is -2.16. The molecule has 4 nitrogen and oxygen atoms in total. The molecule has 0 aliphatic carbocycles. The van der Waals surface area contributed by atoms with Crippen LogP contribution in [0.1, 0.15) is 5.56 Å². The fraction of sp³-hybridized carbons (Fsp3) is 0.125. The van der Waals surface area contributed by atoms with Crippen LogP contribution >= 0.6 is 0 Å². The van der Waals surface area contributed by atoms with Crippen LogP contribution in [-0.2, 0) is 11.3 Å². The molecule has 1 heterocycles. The Labute approximate surface area is 68.8 Å². The van der Waals surface area contributed by atoms with Crippen molar-refractivity contribution in [2.75, 3.05) is 5.32 Å². The summed E-state index contributed by atoms with van der Waals surface area (Å²) in [6.07, 6.45) is -0.451. The van der Waals surface area contributed by atoms with Crippen LogP contribution in [-0.4, -0.2) is 11.2 Å². The van der Waals surface area contributed by atoms with E-state index in [0.29, 0.717) is 5.69 Å². The molecule has 1 aliphatic heterocycles. The molecule has 0 aromatic heterocycles. The van der Waals surface area contributed by atoms with Crippen molar-refractivity contribution in [3.63, 3.8) is 0 Å². The van der Waals surface area contributed by atoms with Crippen molar-refractivity contribution >= 4 is 11.8 Å². The maximum atomic E-state index is 10.7. The van der Waals surface area contributed by atoms with Gasteiger partial charge < -0.3 is 9.84 Å². The number of anilines is 1. The number of hydrogen-bond donors (Lipinski definition) is 2. The third kappa shape index (κ3) is 1.07. The summed E-state index contributed by atoms with van der Waals surface area (Å²) in [5.41, 5.74) is 1.48. The van der Waals surface area contributed by atoms with Crippen LogP contribution < -0.4 is 5.32 Å². The summed E-state index contributed by atoms with van der Waals surface area (Å²) in [5.74, 6) is 0.175. The molecule has 0 saturated heterocycles. The number of amides is 1. The maximum absolute atomic E-state index is 10.7. The van der Waals surface area contributed by atoms with Crippen molar-refractivity contribution in [1.29, 1.82) is 0 Å². The van der Waals surface area contributed by atoms with Gasteiger partial charge >= 0.3 is 6.09 Å². The van der Waals surface area contributed by atoms with Gasteiger partial charge in [-0.15, -0.1) is 0 Å². The van der Waals surface area contributed by atoms with Gasteiger partial charge in [0.25, 0.3) is 0 Å². The zero-order chi connectivity index (χ0) is 8.55. The first-order valence-electron chi connectivity index (χ1n) is 3.51. The molecule has 1 aromatic carbocycles. The third-order valence-electron chi connectivity index (χ3n) is 1.68. The zero-order valence-electron chi connectivity index (χ0n) is 6.20. The molecule has 2 rings (SSSR count). The number of aromatic hydroxyl groups is 1. The van der Waals surface area contributed by atoms with E-state index in [-0.39, 0.29) is 12.4 Å². The molecular weight excluding hydrogens is 158 g/mol. The molecule has 0 spiro atoms. The Bertz CT molecular complexity index is 335. The Kier molecular flexibility index (Phi) is 1.40. The van der Waals surface area contributed by atoms with E-state index in [1.165, 1.54) is 6.07 Å². The van der Waals surface area contributed by atoms with Gasteiger partial charge in [0.05, 0.1) is 5.69 Å². The normalized spacial score (nSPS) is 14.5. The van der Waals surface area contributed by atoms with Crippen LogP contribution in [0.5, 0.6) is 5.75 Å². The molecule has 2 N–H and O–H groups in total. The fourth-order valence-corrected chi connectivity index (χ4v) is 1.11. The monoisotopic (exact) mass is 165 g/mol. The summed E-state index contributed by atoms with van der Waals surface area (Å²) in [6.45, 7) is 0.218. The van der Waals surface area contributed by atoms with Gasteiger partial charge in [0, 0.05) is 5.56 Å². The summed E-state index contributed by atoms with van der Waals surface area (Å²) >= 11 is 0. The molecule has 1 aromatic rings. The van der Waals surface area contributed by atoms with E-state index in [0.717, 1.165) is 5.56 Å². The molecule has 1 aliphatic rings. The lowest BCUT2D eigenvalue weighted by Crippen LogP contribution is -2.19. The predicted molar refractivity (Wildman–Crippen MR) is 41.9 cm³/mol. The minimum absolute atomic E-state index is 0.175. The Morgan fingerprint density at radius 2 is 2.33 bits per heavy atom. The average molecular weight is 165 g/mol. The first kappa shape index (κ1) is 6.97. The van der Waals surface area contributed by atoms with Crippen LogP contribution in [0.15, 0.2) is 18.2 Å². The summed E-state index contributed by atoms with van der Waals surface area (Å²) in [7, 11) is 0. The second-order valence-corrected chi connectivity index (χ2v) is 2.54. The molecule has 0 fully saturated rings. The van der Waals surface area contributed by atoms with Crippen LogP contribution in [0.25, 0.3) is 0 Å². The van der Waals surface area contributed by atoms with Gasteiger partial charge in [0.1, 0.15) is 12.4 Å². The third-order valence-corrected chi connectivity index (χ3v) is 1.68. The zero-order valence-corrected chi connectivity index (χ0v) is 6.20. The number of fused-ring (bicyclic) bond motifs is 1. The minimum atomic E-state index is -0.451. The fourth-order valence-electron chi connectivity index (χ4n) is 1.11. The SMILES string of the molecule is O=C1Nc2ccc(O)cc2CO1. The van der Waals surface area contributed by atoms with Crippen molar-refractivity contribution in [2.45, 2.75) is 6.61 Å². The van der Waals surface area contributed by atoms with E-state index in [1.807, 2.05) is 0 Å². The van der Waals surface area contributed by atoms with Gasteiger partial charge in [-0.2, -0.15) is 0 Å². The largest absolute Gasteiger partial charge is 0.508 e. The predicted octanol–water partition coefficient (Wildman–Crippen LogP) is 1.45. The lowest BCUT2D eigenvalue weighted by atomic mass is 10.1. The van der Waals surface area contributed by atoms with Crippen LogP contribution in [0.3, 0.4) is 0 Å². The smallest absolute Gasteiger partial charge is 0.411 e. The number of carbonyl (C=O) groups excluding carboxylic acids is 1. The molecular formula is C8H7NO3. The van der Waals surface area contributed by atoms with E-state index in [2.05, 4.69) is 5.32 Å². The number of carbonyl (C=O) groups is 1. The molecule has 0 unspecified atom stereocenters. The summed E-state index contributed by atoms with van der Waals surface area (Å²) in [5, 5.41) is 11.6. The maximum Gasteiger partial charge on any atom is 0.411 e. The molecule has 0 radical (unpaired) electrons. The van der Waals surface area contributed by atoms with Gasteiger partial charge in [-0.25, -0.2) is 4.79 Å². The second kappa shape index (κ2) is 2.41. The van der Waals surface area contributed by atoms with Gasteiger partial charge in [-0.05, 0) is 18.2 Å². The molecule has 62 valence electrons. The average Bonchev–Trinajstić information content (AvgIpc) is 2.05. The number of rotatable bonds is 0. The Morgan fingerprint density at radius 3 is 3.17 bits per heavy atom. The quantitative estimate of drug-likeness (QED) is 0.572. The summed E-state index contributed by atoms with van der Waals surface area (Å²) in [4.78, 5) is 10.7. The van der Waals surface area contributed by atoms with Crippen molar-refractivity contribution in [3.05, 3.63) is 23.8 Å². The number of benzene rings is 1. The van der Waals surface area contributed by atoms with Crippen molar-refractivity contribution in [1.82, 2.24) is 0 Å². The van der Waals surface area contributed by atoms with Crippen LogP contribution in [0.4, 0.5) is 10.5 Å².